The van der Waals surface area contributed by atoms with Crippen molar-refractivity contribution in [3.8, 4) is 0 Å². The third-order valence-electron chi connectivity index (χ3n) is 4.55. The smallest absolute Gasteiger partial charge is 0.164 e. The normalized spacial score (nSPS) is 29.2. The first-order valence-corrected chi connectivity index (χ1v) is 10.8. The second-order valence-corrected chi connectivity index (χ2v) is 9.43. The Hall–Kier alpha value is -1.11. The molecule has 9 nitrogen and oxygen atoms in total. The number of hydrogen-bond acceptors (Lipinski definition) is 8. The maximum Gasteiger partial charge on any atom is 0.164 e. The molecule has 0 aliphatic carbocycles. The van der Waals surface area contributed by atoms with Crippen molar-refractivity contribution in [2.75, 3.05) is 13.2 Å². The number of hydrogen-bond donors (Lipinski definition) is 2. The van der Waals surface area contributed by atoms with Crippen molar-refractivity contribution in [2.45, 2.75) is 75.5 Å². The van der Waals surface area contributed by atoms with E-state index >= 15 is 0 Å². The molecule has 0 spiro atoms. The van der Waals surface area contributed by atoms with Crippen LogP contribution in [0, 0.1) is 6.92 Å². The van der Waals surface area contributed by atoms with E-state index in [0.717, 1.165) is 5.56 Å². The van der Waals surface area contributed by atoms with Crippen molar-refractivity contribution in [1.82, 2.24) is 0 Å². The Labute approximate surface area is 171 Å². The van der Waals surface area contributed by atoms with Crippen molar-refractivity contribution in [1.29, 1.82) is 0 Å². The summed E-state index contributed by atoms with van der Waals surface area (Å²) in [6.07, 6.45) is -1.66. The Morgan fingerprint density at radius 1 is 1.14 bits per heavy atom. The average molecular weight is 434 g/mol. The van der Waals surface area contributed by atoms with Crippen LogP contribution in [-0.4, -0.2) is 67.2 Å². The van der Waals surface area contributed by atoms with Gasteiger partial charge in [0.2, 0.25) is 0 Å². The molecule has 0 bridgehead atoms. The van der Waals surface area contributed by atoms with E-state index in [1.165, 1.54) is 12.1 Å². The van der Waals surface area contributed by atoms with Gasteiger partial charge in [-0.2, -0.15) is 0 Å². The van der Waals surface area contributed by atoms with Gasteiger partial charge < -0.3 is 34.3 Å². The molecule has 0 saturated carbocycles. The summed E-state index contributed by atoms with van der Waals surface area (Å²) in [4.78, 5) is -0.178. The van der Waals surface area contributed by atoms with Crippen molar-refractivity contribution in [3.05, 3.63) is 29.8 Å². The average Bonchev–Trinajstić information content (AvgIpc) is 3.13. The lowest BCUT2D eigenvalue weighted by Crippen LogP contribution is -2.60. The number of aliphatic hydroxyl groups excluding tert-OH is 1. The third-order valence-corrected chi connectivity index (χ3v) is 5.39. The quantitative estimate of drug-likeness (QED) is 0.640. The lowest BCUT2D eigenvalue weighted by atomic mass is 10.0. The van der Waals surface area contributed by atoms with Crippen LogP contribution in [0.4, 0.5) is 0 Å². The van der Waals surface area contributed by atoms with Gasteiger partial charge in [0.1, 0.15) is 41.1 Å². The Morgan fingerprint density at radius 3 is 2.17 bits per heavy atom. The van der Waals surface area contributed by atoms with Gasteiger partial charge in [-0.15, -0.1) is 0 Å². The Morgan fingerprint density at radius 2 is 1.72 bits per heavy atom. The van der Waals surface area contributed by atoms with E-state index in [0.29, 0.717) is 13.2 Å². The molecule has 29 heavy (non-hydrogen) atoms. The molecule has 4 atom stereocenters. The van der Waals surface area contributed by atoms with Crippen LogP contribution in [0.1, 0.15) is 33.3 Å². The minimum atomic E-state index is -4.27. The highest BCUT2D eigenvalue weighted by atomic mass is 32.2. The summed E-state index contributed by atoms with van der Waals surface area (Å²) in [5, 5.41) is 9.99. The predicted molar refractivity (Wildman–Crippen MR) is 102 cm³/mol. The topological polar surface area (TPSA) is 142 Å². The number of aryl methyl sites for hydroxylation is 1. The number of aliphatic hydroxyl groups is 1. The maximum atomic E-state index is 10.4. The van der Waals surface area contributed by atoms with Crippen molar-refractivity contribution in [2.24, 2.45) is 0 Å². The third kappa shape index (κ3) is 6.69. The van der Waals surface area contributed by atoms with Gasteiger partial charge in [-0.25, -0.2) is 8.42 Å². The van der Waals surface area contributed by atoms with Crippen molar-refractivity contribution >= 4 is 10.1 Å². The molecule has 3 rings (SSSR count). The molecule has 166 valence electrons. The zero-order valence-electron chi connectivity index (χ0n) is 17.5. The highest BCUT2D eigenvalue weighted by Gasteiger charge is 2.52. The highest BCUT2D eigenvalue weighted by molar-refractivity contribution is 7.85. The van der Waals surface area contributed by atoms with Crippen LogP contribution in [0.3, 0.4) is 0 Å². The Balaban J connectivity index is 0.000000234. The summed E-state index contributed by atoms with van der Waals surface area (Å²) < 4.78 is 54.1. The summed E-state index contributed by atoms with van der Waals surface area (Å²) in [7, 11) is -4.27. The minimum Gasteiger partial charge on any atom is -0.744 e. The molecule has 4 N–H and O–H groups in total. The van der Waals surface area contributed by atoms with E-state index in [9.17, 15) is 18.1 Å². The zero-order chi connectivity index (χ0) is 22.0. The molecule has 0 amide bonds. The molecule has 0 unspecified atom stereocenters. The number of rotatable bonds is 4. The van der Waals surface area contributed by atoms with Crippen LogP contribution in [0.15, 0.2) is 29.2 Å². The number of quaternary nitrogens is 1. The first-order valence-electron chi connectivity index (χ1n) is 9.41. The lowest BCUT2D eigenvalue weighted by molar-refractivity contribution is -0.389. The first-order chi connectivity index (χ1) is 13.2. The van der Waals surface area contributed by atoms with Gasteiger partial charge in [0.05, 0.1) is 11.5 Å². The summed E-state index contributed by atoms with van der Waals surface area (Å²) in [6.45, 7) is 10.0. The number of ether oxygens (including phenoxy) is 4. The Kier molecular flexibility index (Phi) is 7.45. The number of benzene rings is 1. The molecule has 0 radical (unpaired) electrons. The molecule has 1 aromatic carbocycles. The summed E-state index contributed by atoms with van der Waals surface area (Å²) in [5.41, 5.74) is 4.64. The molecule has 2 fully saturated rings. The molecule has 2 aliphatic rings. The standard InChI is InChI=1S/C12H23NO5.C7H8O3S/c1-11(2)15-6-8(16-11)10-9(7(14)5-13)17-12(3,4)18-10;1-6-2-4-7(5-3-6)11(8,9)10/h7-10,14H,5-6,13H2,1-4H3;2-5H,1H3,(H,8,9,10)/t7-,8+,9+,10+;/m0./s1. The largest absolute Gasteiger partial charge is 0.744 e. The fourth-order valence-corrected chi connectivity index (χ4v) is 3.62. The van der Waals surface area contributed by atoms with E-state index in [1.54, 1.807) is 12.1 Å². The summed E-state index contributed by atoms with van der Waals surface area (Å²) >= 11 is 0. The van der Waals surface area contributed by atoms with Gasteiger partial charge >= 0.3 is 0 Å². The van der Waals surface area contributed by atoms with Gasteiger partial charge in [0, 0.05) is 0 Å². The van der Waals surface area contributed by atoms with E-state index in [1.807, 2.05) is 34.6 Å². The van der Waals surface area contributed by atoms with Gasteiger partial charge in [0.25, 0.3) is 0 Å². The van der Waals surface area contributed by atoms with Gasteiger partial charge in [-0.3, -0.25) is 0 Å². The van der Waals surface area contributed by atoms with Gasteiger partial charge in [-0.1, -0.05) is 17.7 Å². The van der Waals surface area contributed by atoms with Crippen molar-refractivity contribution in [3.63, 3.8) is 0 Å². The molecule has 2 aliphatic heterocycles. The van der Waals surface area contributed by atoms with Crippen LogP contribution < -0.4 is 5.73 Å². The predicted octanol–water partition coefficient (Wildman–Crippen LogP) is 0.160. The molecule has 2 heterocycles. The van der Waals surface area contributed by atoms with Crippen LogP contribution in [-0.2, 0) is 29.1 Å². The first kappa shape index (κ1) is 24.2. The monoisotopic (exact) mass is 433 g/mol. The van der Waals surface area contributed by atoms with Crippen molar-refractivity contribution < 1.29 is 42.8 Å². The van der Waals surface area contributed by atoms with Crippen LogP contribution in [0.2, 0.25) is 0 Å². The fourth-order valence-electron chi connectivity index (χ4n) is 3.15. The van der Waals surface area contributed by atoms with Gasteiger partial charge in [-0.05, 0) is 46.8 Å². The molecule has 0 aromatic heterocycles. The van der Waals surface area contributed by atoms with E-state index in [2.05, 4.69) is 5.73 Å². The molecule has 1 aromatic rings. The van der Waals surface area contributed by atoms with Crippen LogP contribution >= 0.6 is 0 Å². The van der Waals surface area contributed by atoms with Gasteiger partial charge in [0.15, 0.2) is 11.6 Å². The SMILES string of the molecule is CC1(C)O[C@H]([C@@H](O)C[NH3+])[C@@H]([C@H]2COC(C)(C)O2)O1.Cc1ccc(S(=O)(=O)[O-])cc1. The van der Waals surface area contributed by atoms with Crippen LogP contribution in [0.5, 0.6) is 0 Å². The summed E-state index contributed by atoms with van der Waals surface area (Å²) in [6, 6.07) is 5.78. The Bertz CT molecular complexity index is 778. The highest BCUT2D eigenvalue weighted by Crippen LogP contribution is 2.36. The van der Waals surface area contributed by atoms with Crippen LogP contribution in [0.25, 0.3) is 0 Å². The second kappa shape index (κ2) is 8.94. The summed E-state index contributed by atoms with van der Waals surface area (Å²) in [5.74, 6) is -1.33. The second-order valence-electron chi connectivity index (χ2n) is 8.06. The van der Waals surface area contributed by atoms with E-state index < -0.39 is 33.9 Å². The fraction of sp³-hybridized carbons (Fsp3) is 0.684. The molecular formula is C19H31NO8S. The van der Waals surface area contributed by atoms with E-state index in [-0.39, 0.29) is 17.1 Å². The lowest BCUT2D eigenvalue weighted by Gasteiger charge is -2.25. The zero-order valence-corrected chi connectivity index (χ0v) is 18.3. The minimum absolute atomic E-state index is 0.178. The molecule has 2 saturated heterocycles. The molecular weight excluding hydrogens is 402 g/mol. The molecule has 10 heteroatoms. The van der Waals surface area contributed by atoms with E-state index in [4.69, 9.17) is 18.9 Å². The maximum absolute atomic E-state index is 10.4.